The molecule has 2 saturated heterocycles. The average Bonchev–Trinajstić information content (AvgIpc) is 2.96. The molecule has 6 rings (SSSR count). The van der Waals surface area contributed by atoms with Gasteiger partial charge in [0.05, 0.1) is 48.0 Å². The zero-order valence-electron chi connectivity index (χ0n) is 23.0. The topological polar surface area (TPSA) is 76.5 Å². The van der Waals surface area contributed by atoms with Gasteiger partial charge in [-0.1, -0.05) is 59.6 Å². The third kappa shape index (κ3) is 5.64. The van der Waals surface area contributed by atoms with Gasteiger partial charge in [-0.3, -0.25) is 19.8 Å². The fourth-order valence-electron chi connectivity index (χ4n) is 5.17. The van der Waals surface area contributed by atoms with Crippen LogP contribution < -0.4 is 9.47 Å². The molecule has 2 aliphatic heterocycles. The Balaban J connectivity index is 1.30. The van der Waals surface area contributed by atoms with Crippen molar-refractivity contribution in [2.75, 3.05) is 40.4 Å². The van der Waals surface area contributed by atoms with Gasteiger partial charge in [0.2, 0.25) is 11.8 Å². The Morgan fingerprint density at radius 1 is 0.690 bits per heavy atom. The Morgan fingerprint density at radius 2 is 1.07 bits per heavy atom. The molecular formula is C30H28Cl2F2N6O2. The summed E-state index contributed by atoms with van der Waals surface area (Å²) in [4.78, 5) is 22.3. The van der Waals surface area contributed by atoms with Crippen LogP contribution in [0.4, 0.5) is 8.78 Å². The number of benzene rings is 2. The lowest BCUT2D eigenvalue weighted by Crippen LogP contribution is -2.47. The lowest BCUT2D eigenvalue weighted by atomic mass is 9.98. The second-order valence-electron chi connectivity index (χ2n) is 10.3. The van der Waals surface area contributed by atoms with Gasteiger partial charge in [0, 0.05) is 61.5 Å². The summed E-state index contributed by atoms with van der Waals surface area (Å²) in [6.45, 7) is 2.42. The number of likely N-dealkylation sites (tertiary alicyclic amines) is 2. The van der Waals surface area contributed by atoms with Crippen LogP contribution in [-0.4, -0.2) is 82.5 Å². The van der Waals surface area contributed by atoms with Crippen LogP contribution in [-0.2, 0) is 13.1 Å². The highest BCUT2D eigenvalue weighted by molar-refractivity contribution is 6.39. The van der Waals surface area contributed by atoms with Crippen LogP contribution in [0.25, 0.3) is 33.6 Å². The zero-order valence-corrected chi connectivity index (χ0v) is 24.5. The fraction of sp³-hybridized carbons (Fsp3) is 0.333. The van der Waals surface area contributed by atoms with Gasteiger partial charge < -0.3 is 9.47 Å². The maximum atomic E-state index is 13.3. The van der Waals surface area contributed by atoms with Crippen LogP contribution in [0.1, 0.15) is 11.4 Å². The first-order valence-electron chi connectivity index (χ1n) is 13.5. The number of methoxy groups -OCH3 is 2. The highest BCUT2D eigenvalue weighted by Crippen LogP contribution is 2.42. The summed E-state index contributed by atoms with van der Waals surface area (Å²) >= 11 is 13.9. The van der Waals surface area contributed by atoms with E-state index in [0.29, 0.717) is 106 Å². The van der Waals surface area contributed by atoms with Gasteiger partial charge in [-0.25, -0.2) is 18.7 Å². The zero-order chi connectivity index (χ0) is 29.4. The van der Waals surface area contributed by atoms with Crippen molar-refractivity contribution in [3.05, 3.63) is 70.2 Å². The second-order valence-corrected chi connectivity index (χ2v) is 11.1. The summed E-state index contributed by atoms with van der Waals surface area (Å²) in [5.74, 6) is 0.733. The molecule has 0 bridgehead atoms. The fourth-order valence-corrected chi connectivity index (χ4v) is 5.82. The van der Waals surface area contributed by atoms with Crippen molar-refractivity contribution in [1.82, 2.24) is 29.7 Å². The van der Waals surface area contributed by atoms with E-state index < -0.39 is 12.3 Å². The standard InChI is InChI=1S/C30H28Cl2F2N6O2/c1-41-29-25(15-39-11-17(33)12-39)35-9-23(37-29)21-7-3-5-19(27(21)31)20-6-4-8-22(28(20)32)24-10-36-26(30(38-24)42-2)16-40-13-18(34)14-40/h3-10,17-18H,11-16H2,1-2H3. The monoisotopic (exact) mass is 612 g/mol. The molecule has 0 aliphatic carbocycles. The summed E-state index contributed by atoms with van der Waals surface area (Å²) in [5.41, 5.74) is 5.07. The quantitative estimate of drug-likeness (QED) is 0.231. The largest absolute Gasteiger partial charge is 0.480 e. The van der Waals surface area contributed by atoms with E-state index in [0.717, 1.165) is 0 Å². The van der Waals surface area contributed by atoms with E-state index in [1.165, 1.54) is 14.2 Å². The number of aromatic nitrogens is 4. The van der Waals surface area contributed by atoms with E-state index in [4.69, 9.17) is 32.7 Å². The van der Waals surface area contributed by atoms with E-state index >= 15 is 0 Å². The molecule has 2 aromatic heterocycles. The number of rotatable bonds is 9. The summed E-state index contributed by atoms with van der Waals surface area (Å²) < 4.78 is 37.5. The van der Waals surface area contributed by atoms with Gasteiger partial charge in [0.1, 0.15) is 23.7 Å². The average molecular weight is 613 g/mol. The van der Waals surface area contributed by atoms with E-state index in [1.807, 2.05) is 46.2 Å². The van der Waals surface area contributed by atoms with Gasteiger partial charge in [-0.2, -0.15) is 0 Å². The molecule has 0 atom stereocenters. The number of alkyl halides is 2. The van der Waals surface area contributed by atoms with E-state index in [1.54, 1.807) is 12.4 Å². The van der Waals surface area contributed by atoms with Crippen LogP contribution in [0, 0.1) is 0 Å². The predicted molar refractivity (Wildman–Crippen MR) is 157 cm³/mol. The number of halogens is 4. The molecule has 0 unspecified atom stereocenters. The molecule has 2 fully saturated rings. The predicted octanol–water partition coefficient (Wildman–Crippen LogP) is 5.90. The SMILES string of the molecule is COc1nc(-c2cccc(-c3cccc(-c4cnc(CN5CC(F)C5)c(OC)n4)c3Cl)c2Cl)cnc1CN1CC(F)C1. The van der Waals surface area contributed by atoms with Crippen LogP contribution in [0.3, 0.4) is 0 Å². The molecule has 4 heterocycles. The molecule has 2 aromatic carbocycles. The number of hydrogen-bond acceptors (Lipinski definition) is 8. The molecule has 12 heteroatoms. The van der Waals surface area contributed by atoms with Crippen molar-refractivity contribution in [2.24, 2.45) is 0 Å². The third-order valence-electron chi connectivity index (χ3n) is 7.42. The molecule has 8 nitrogen and oxygen atoms in total. The summed E-state index contributed by atoms with van der Waals surface area (Å²) in [5, 5.41) is 0.895. The van der Waals surface area contributed by atoms with Crippen molar-refractivity contribution >= 4 is 23.2 Å². The van der Waals surface area contributed by atoms with Crippen LogP contribution >= 0.6 is 23.2 Å². The minimum atomic E-state index is -0.801. The lowest BCUT2D eigenvalue weighted by Gasteiger charge is -2.33. The Hall–Kier alpha value is -3.44. The molecule has 0 radical (unpaired) electrons. The van der Waals surface area contributed by atoms with Gasteiger partial charge in [0.15, 0.2) is 0 Å². The van der Waals surface area contributed by atoms with Crippen molar-refractivity contribution in [1.29, 1.82) is 0 Å². The summed E-state index contributed by atoms with van der Waals surface area (Å²) in [6, 6.07) is 11.2. The Kier molecular flexibility index (Phi) is 8.22. The molecule has 4 aromatic rings. The highest BCUT2D eigenvalue weighted by atomic mass is 35.5. The maximum Gasteiger partial charge on any atom is 0.237 e. The molecule has 42 heavy (non-hydrogen) atoms. The van der Waals surface area contributed by atoms with Crippen LogP contribution in [0.15, 0.2) is 48.8 Å². The smallest absolute Gasteiger partial charge is 0.237 e. The summed E-state index contributed by atoms with van der Waals surface area (Å²) in [7, 11) is 3.06. The highest BCUT2D eigenvalue weighted by Gasteiger charge is 2.29. The van der Waals surface area contributed by atoms with E-state index in [2.05, 4.69) is 19.9 Å². The van der Waals surface area contributed by atoms with Gasteiger partial charge in [-0.15, -0.1) is 0 Å². The van der Waals surface area contributed by atoms with Crippen LogP contribution in [0.5, 0.6) is 11.8 Å². The third-order valence-corrected chi connectivity index (χ3v) is 8.24. The molecular weight excluding hydrogens is 585 g/mol. The number of nitrogens with zero attached hydrogens (tertiary/aromatic N) is 6. The van der Waals surface area contributed by atoms with E-state index in [9.17, 15) is 8.78 Å². The molecule has 0 spiro atoms. The summed E-state index contributed by atoms with van der Waals surface area (Å²) in [6.07, 6.45) is 1.69. The van der Waals surface area contributed by atoms with Crippen molar-refractivity contribution in [2.45, 2.75) is 25.4 Å². The minimum Gasteiger partial charge on any atom is -0.480 e. The molecule has 218 valence electrons. The second kappa shape index (κ2) is 12.0. The van der Waals surface area contributed by atoms with Crippen molar-refractivity contribution in [3.63, 3.8) is 0 Å². The molecule has 0 N–H and O–H groups in total. The Bertz CT molecular complexity index is 1500. The van der Waals surface area contributed by atoms with Crippen molar-refractivity contribution in [3.8, 4) is 45.4 Å². The first kappa shape index (κ1) is 28.7. The molecule has 0 amide bonds. The Morgan fingerprint density at radius 3 is 1.43 bits per heavy atom. The lowest BCUT2D eigenvalue weighted by molar-refractivity contribution is 0.0570. The molecule has 0 saturated carbocycles. The number of ether oxygens (including phenoxy) is 2. The Labute approximate surface area is 252 Å². The normalized spacial score (nSPS) is 16.2. The first-order chi connectivity index (χ1) is 20.3. The molecule has 2 aliphatic rings. The minimum absolute atomic E-state index is 0.367. The first-order valence-corrected chi connectivity index (χ1v) is 14.2. The van der Waals surface area contributed by atoms with E-state index in [-0.39, 0.29) is 0 Å². The van der Waals surface area contributed by atoms with Gasteiger partial charge in [-0.05, 0) is 0 Å². The maximum absolute atomic E-state index is 13.3. The van der Waals surface area contributed by atoms with Gasteiger partial charge in [0.25, 0.3) is 0 Å². The number of hydrogen-bond donors (Lipinski definition) is 0. The van der Waals surface area contributed by atoms with Crippen LogP contribution in [0.2, 0.25) is 10.0 Å². The van der Waals surface area contributed by atoms with Gasteiger partial charge >= 0.3 is 0 Å². The van der Waals surface area contributed by atoms with Crippen molar-refractivity contribution < 1.29 is 18.3 Å².